The number of fused-ring (bicyclic) bond motifs is 1. The van der Waals surface area contributed by atoms with Gasteiger partial charge in [0.2, 0.25) is 0 Å². The zero-order chi connectivity index (χ0) is 15.5. The highest BCUT2D eigenvalue weighted by Gasteiger charge is 2.35. The van der Waals surface area contributed by atoms with Gasteiger partial charge < -0.3 is 14.8 Å². The molecular weight excluding hydrogens is 262 g/mol. The smallest absolute Gasteiger partial charge is 0.127 e. The molecule has 1 N–H and O–H groups in total. The lowest BCUT2D eigenvalue weighted by molar-refractivity contribution is -0.0356. The Morgan fingerprint density at radius 3 is 2.71 bits per heavy atom. The molecule has 2 unspecified atom stereocenters. The van der Waals surface area contributed by atoms with Gasteiger partial charge in [-0.15, -0.1) is 0 Å². The maximum absolute atomic E-state index is 6.09. The highest BCUT2D eigenvalue weighted by molar-refractivity contribution is 5.45. The Bertz CT molecular complexity index is 465. The van der Waals surface area contributed by atoms with E-state index in [0.29, 0.717) is 0 Å². The summed E-state index contributed by atoms with van der Waals surface area (Å²) in [6.07, 6.45) is 2.31. The standard InChI is InChI=1S/C18H29NO2/c1-6-20-17(18(2,3)4)15(19-5)14-11-7-9-13-10-8-12-21-16(13)14/h7,9,11,15,17,19H,6,8,10,12H2,1-5H3. The second kappa shape index (κ2) is 6.80. The first-order valence-corrected chi connectivity index (χ1v) is 8.02. The molecule has 0 aliphatic carbocycles. The monoisotopic (exact) mass is 291 g/mol. The largest absolute Gasteiger partial charge is 0.493 e. The van der Waals surface area contributed by atoms with Gasteiger partial charge in [-0.1, -0.05) is 39.0 Å². The number of aryl methyl sites for hydroxylation is 1. The summed E-state index contributed by atoms with van der Waals surface area (Å²) in [6.45, 7) is 10.3. The van der Waals surface area contributed by atoms with Gasteiger partial charge >= 0.3 is 0 Å². The Balaban J connectivity index is 2.40. The number of hydrogen-bond donors (Lipinski definition) is 1. The first kappa shape index (κ1) is 16.3. The molecule has 1 aromatic carbocycles. The molecule has 0 bridgehead atoms. The van der Waals surface area contributed by atoms with Gasteiger partial charge in [0.05, 0.1) is 18.8 Å². The number of hydrogen-bond acceptors (Lipinski definition) is 3. The predicted octanol–water partition coefficient (Wildman–Crippen LogP) is 3.72. The van der Waals surface area contributed by atoms with Crippen LogP contribution in [0.1, 0.15) is 51.3 Å². The van der Waals surface area contributed by atoms with E-state index < -0.39 is 0 Å². The molecule has 21 heavy (non-hydrogen) atoms. The van der Waals surface area contributed by atoms with Crippen molar-refractivity contribution in [3.05, 3.63) is 29.3 Å². The molecule has 2 rings (SSSR count). The zero-order valence-electron chi connectivity index (χ0n) is 14.0. The summed E-state index contributed by atoms with van der Waals surface area (Å²) in [4.78, 5) is 0. The Morgan fingerprint density at radius 2 is 2.10 bits per heavy atom. The lowest BCUT2D eigenvalue weighted by Gasteiger charge is -2.38. The molecular formula is C18H29NO2. The lowest BCUT2D eigenvalue weighted by Crippen LogP contribution is -2.41. The van der Waals surface area contributed by atoms with E-state index in [0.717, 1.165) is 31.8 Å². The Kier molecular flexibility index (Phi) is 5.28. The van der Waals surface area contributed by atoms with E-state index in [1.807, 2.05) is 7.05 Å². The van der Waals surface area contributed by atoms with Crippen molar-refractivity contribution in [2.75, 3.05) is 20.3 Å². The minimum atomic E-state index is 0.0566. The third kappa shape index (κ3) is 3.58. The first-order valence-electron chi connectivity index (χ1n) is 8.02. The van der Waals surface area contributed by atoms with E-state index in [-0.39, 0.29) is 17.6 Å². The Hall–Kier alpha value is -1.06. The maximum atomic E-state index is 6.09. The average molecular weight is 291 g/mol. The van der Waals surface area contributed by atoms with Crippen LogP contribution in [0.3, 0.4) is 0 Å². The maximum Gasteiger partial charge on any atom is 0.127 e. The molecule has 0 spiro atoms. The third-order valence-electron chi connectivity index (χ3n) is 4.11. The van der Waals surface area contributed by atoms with E-state index in [1.54, 1.807) is 0 Å². The molecule has 1 aromatic rings. The van der Waals surface area contributed by atoms with E-state index in [1.165, 1.54) is 11.1 Å². The molecule has 0 aromatic heterocycles. The van der Waals surface area contributed by atoms with Gasteiger partial charge in [-0.2, -0.15) is 0 Å². The molecule has 1 heterocycles. The van der Waals surface area contributed by atoms with Gasteiger partial charge in [0, 0.05) is 12.2 Å². The van der Waals surface area contributed by atoms with Crippen molar-refractivity contribution in [3.63, 3.8) is 0 Å². The highest BCUT2D eigenvalue weighted by atomic mass is 16.5. The van der Waals surface area contributed by atoms with Crippen LogP contribution in [0.5, 0.6) is 5.75 Å². The van der Waals surface area contributed by atoms with Gasteiger partial charge in [0.1, 0.15) is 5.75 Å². The number of para-hydroxylation sites is 1. The van der Waals surface area contributed by atoms with Crippen molar-refractivity contribution in [1.82, 2.24) is 5.32 Å². The van der Waals surface area contributed by atoms with Gasteiger partial charge in [0.15, 0.2) is 0 Å². The summed E-state index contributed by atoms with van der Waals surface area (Å²) in [6, 6.07) is 6.62. The number of benzene rings is 1. The Morgan fingerprint density at radius 1 is 1.33 bits per heavy atom. The van der Waals surface area contributed by atoms with Crippen LogP contribution in [0.4, 0.5) is 0 Å². The fourth-order valence-corrected chi connectivity index (χ4v) is 3.16. The van der Waals surface area contributed by atoms with Crippen LogP contribution in [0.15, 0.2) is 18.2 Å². The predicted molar refractivity (Wildman–Crippen MR) is 86.9 cm³/mol. The van der Waals surface area contributed by atoms with Crippen LogP contribution in [0.2, 0.25) is 0 Å². The summed E-state index contributed by atoms with van der Waals surface area (Å²) >= 11 is 0. The van der Waals surface area contributed by atoms with Crippen molar-refractivity contribution in [2.45, 2.75) is 52.7 Å². The molecule has 118 valence electrons. The molecule has 1 aliphatic heterocycles. The second-order valence-electron chi connectivity index (χ2n) is 6.80. The van der Waals surface area contributed by atoms with Crippen LogP contribution in [-0.4, -0.2) is 26.4 Å². The van der Waals surface area contributed by atoms with Crippen molar-refractivity contribution >= 4 is 0 Å². The molecule has 0 saturated carbocycles. The molecule has 0 amide bonds. The first-order chi connectivity index (χ1) is 9.99. The highest BCUT2D eigenvalue weighted by Crippen LogP contribution is 2.39. The van der Waals surface area contributed by atoms with E-state index in [2.05, 4.69) is 51.2 Å². The van der Waals surface area contributed by atoms with Crippen LogP contribution in [0, 0.1) is 5.41 Å². The summed E-state index contributed by atoms with van der Waals surface area (Å²) in [5, 5.41) is 3.45. The summed E-state index contributed by atoms with van der Waals surface area (Å²) in [7, 11) is 2.00. The fourth-order valence-electron chi connectivity index (χ4n) is 3.16. The quantitative estimate of drug-likeness (QED) is 0.897. The number of likely N-dealkylation sites (N-methyl/N-ethyl adjacent to an activating group) is 1. The van der Waals surface area contributed by atoms with Gasteiger partial charge in [-0.3, -0.25) is 0 Å². The van der Waals surface area contributed by atoms with E-state index in [9.17, 15) is 0 Å². The Labute approximate surface area is 129 Å². The second-order valence-corrected chi connectivity index (χ2v) is 6.80. The minimum absolute atomic E-state index is 0.0566. The van der Waals surface area contributed by atoms with Crippen molar-refractivity contribution in [1.29, 1.82) is 0 Å². The van der Waals surface area contributed by atoms with Crippen LogP contribution in [-0.2, 0) is 11.2 Å². The number of ether oxygens (including phenoxy) is 2. The van der Waals surface area contributed by atoms with Crippen LogP contribution < -0.4 is 10.1 Å². The SMILES string of the molecule is CCOC(C(NC)c1cccc2c1OCCC2)C(C)(C)C. The third-order valence-corrected chi connectivity index (χ3v) is 4.11. The number of nitrogens with one attached hydrogen (secondary N) is 1. The molecule has 2 atom stereocenters. The molecule has 0 saturated heterocycles. The number of rotatable bonds is 5. The zero-order valence-corrected chi connectivity index (χ0v) is 14.0. The van der Waals surface area contributed by atoms with Crippen molar-refractivity contribution in [2.24, 2.45) is 5.41 Å². The molecule has 3 heteroatoms. The molecule has 1 aliphatic rings. The lowest BCUT2D eigenvalue weighted by atomic mass is 9.81. The van der Waals surface area contributed by atoms with Gasteiger partial charge in [-0.05, 0) is 37.8 Å². The summed E-state index contributed by atoms with van der Waals surface area (Å²) < 4.78 is 12.1. The van der Waals surface area contributed by atoms with Gasteiger partial charge in [-0.25, -0.2) is 0 Å². The van der Waals surface area contributed by atoms with Gasteiger partial charge in [0.25, 0.3) is 0 Å². The van der Waals surface area contributed by atoms with Crippen molar-refractivity contribution in [3.8, 4) is 5.75 Å². The van der Waals surface area contributed by atoms with Crippen LogP contribution in [0.25, 0.3) is 0 Å². The topological polar surface area (TPSA) is 30.5 Å². The molecule has 0 fully saturated rings. The molecule has 0 radical (unpaired) electrons. The van der Waals surface area contributed by atoms with E-state index in [4.69, 9.17) is 9.47 Å². The van der Waals surface area contributed by atoms with Crippen molar-refractivity contribution < 1.29 is 9.47 Å². The summed E-state index contributed by atoms with van der Waals surface area (Å²) in [5.41, 5.74) is 2.60. The minimum Gasteiger partial charge on any atom is -0.493 e. The fraction of sp³-hybridized carbons (Fsp3) is 0.667. The van der Waals surface area contributed by atoms with E-state index >= 15 is 0 Å². The van der Waals surface area contributed by atoms with Crippen LogP contribution >= 0.6 is 0 Å². The average Bonchev–Trinajstić information content (AvgIpc) is 2.46. The summed E-state index contributed by atoms with van der Waals surface area (Å²) in [5.74, 6) is 1.07. The normalized spacial score (nSPS) is 17.8. The molecule has 3 nitrogen and oxygen atoms in total.